The highest BCUT2D eigenvalue weighted by atomic mass is 19.4. The minimum atomic E-state index is -7.93. The Morgan fingerprint density at radius 3 is 1.43 bits per heavy atom. The van der Waals surface area contributed by atoms with Gasteiger partial charge in [-0.1, -0.05) is 6.58 Å². The fraction of sp³-hybridized carbons (Fsp3) is 0.727. The van der Waals surface area contributed by atoms with E-state index in [0.717, 1.165) is 0 Å². The lowest BCUT2D eigenvalue weighted by molar-refractivity contribution is -0.542. The van der Waals surface area contributed by atoms with E-state index in [0.29, 0.717) is 0 Å². The lowest BCUT2D eigenvalue weighted by Crippen LogP contribution is -2.64. The molecular weight excluding hydrogens is 481 g/mol. The fourth-order valence-electron chi connectivity index (χ4n) is 1.14. The number of hydrogen-bond acceptors (Lipinski definition) is 4. The van der Waals surface area contributed by atoms with Gasteiger partial charge in [0.2, 0.25) is 0 Å². The van der Waals surface area contributed by atoms with Crippen LogP contribution in [0.2, 0.25) is 0 Å². The van der Waals surface area contributed by atoms with Gasteiger partial charge in [0.05, 0.1) is 0 Å². The van der Waals surface area contributed by atoms with Crippen molar-refractivity contribution < 1.29 is 84.9 Å². The predicted octanol–water partition coefficient (Wildman–Crippen LogP) is 4.95. The van der Waals surface area contributed by atoms with Gasteiger partial charge in [-0.15, -0.1) is 0 Å². The monoisotopic (exact) mass is 486 g/mol. The van der Waals surface area contributed by atoms with Crippen LogP contribution in [0.25, 0.3) is 0 Å². The minimum Gasteiger partial charge on any atom is -0.453 e. The Labute approximate surface area is 154 Å². The zero-order valence-electron chi connectivity index (χ0n) is 13.3. The first kappa shape index (κ1) is 28.1. The zero-order valence-corrected chi connectivity index (χ0v) is 13.3. The lowest BCUT2D eigenvalue weighted by atomic mass is 10.1. The average molecular weight is 486 g/mol. The van der Waals surface area contributed by atoms with Gasteiger partial charge in [-0.25, -0.2) is 14.3 Å². The number of hydrogen-bond donors (Lipinski definition) is 0. The third-order valence-corrected chi connectivity index (χ3v) is 2.54. The summed E-state index contributed by atoms with van der Waals surface area (Å²) >= 11 is 0. The van der Waals surface area contributed by atoms with E-state index in [1.54, 1.807) is 0 Å². The second-order valence-corrected chi connectivity index (χ2v) is 4.85. The van der Waals surface area contributed by atoms with Gasteiger partial charge in [0.25, 0.3) is 0 Å². The van der Waals surface area contributed by atoms with Crippen molar-refractivity contribution in [3.63, 3.8) is 0 Å². The molecule has 0 unspecified atom stereocenters. The number of carbonyl (C=O) groups is 1. The summed E-state index contributed by atoms with van der Waals surface area (Å²) in [5.41, 5.74) is 0. The SMILES string of the molecule is C=CC(=O)OCC(F)(F)OC(F)(F)C(F)(F)OC(F)(F)C(F)(F)C(F)(F)C(F)(F)F. The topological polar surface area (TPSA) is 44.8 Å². The fourth-order valence-corrected chi connectivity index (χ4v) is 1.14. The van der Waals surface area contributed by atoms with Crippen molar-refractivity contribution in [2.24, 2.45) is 0 Å². The molecule has 0 rings (SSSR count). The van der Waals surface area contributed by atoms with Crippen LogP contribution in [0.3, 0.4) is 0 Å². The summed E-state index contributed by atoms with van der Waals surface area (Å²) in [6.07, 6.45) is -35.2. The molecule has 0 fully saturated rings. The van der Waals surface area contributed by atoms with Gasteiger partial charge in [0.15, 0.2) is 6.61 Å². The Morgan fingerprint density at radius 2 is 1.07 bits per heavy atom. The quantitative estimate of drug-likeness (QED) is 0.249. The summed E-state index contributed by atoms with van der Waals surface area (Å²) in [5, 5.41) is 0. The number of rotatable bonds is 10. The van der Waals surface area contributed by atoms with E-state index in [1.165, 1.54) is 4.74 Å². The molecule has 0 heterocycles. The number of alkyl halides is 15. The first-order valence-corrected chi connectivity index (χ1v) is 6.40. The van der Waals surface area contributed by atoms with Crippen molar-refractivity contribution in [2.75, 3.05) is 6.61 Å². The van der Waals surface area contributed by atoms with Crippen molar-refractivity contribution in [3.8, 4) is 0 Å². The first-order chi connectivity index (χ1) is 12.9. The maximum Gasteiger partial charge on any atom is 0.460 e. The Kier molecular flexibility index (Phi) is 7.46. The summed E-state index contributed by atoms with van der Waals surface area (Å²) < 4.78 is 197. The molecular formula is C11H5F15O4. The summed E-state index contributed by atoms with van der Waals surface area (Å²) in [6.45, 7) is 0.0224. The van der Waals surface area contributed by atoms with E-state index in [9.17, 15) is 70.7 Å². The Morgan fingerprint density at radius 1 is 0.667 bits per heavy atom. The molecule has 0 amide bonds. The summed E-state index contributed by atoms with van der Waals surface area (Å²) in [6, 6.07) is 0. The van der Waals surface area contributed by atoms with E-state index in [1.807, 2.05) is 0 Å². The van der Waals surface area contributed by atoms with Crippen molar-refractivity contribution in [1.29, 1.82) is 0 Å². The highest BCUT2D eigenvalue weighted by Crippen LogP contribution is 2.55. The van der Waals surface area contributed by atoms with Crippen LogP contribution < -0.4 is 0 Å². The highest BCUT2D eigenvalue weighted by Gasteiger charge is 2.85. The summed E-state index contributed by atoms with van der Waals surface area (Å²) in [7, 11) is 0. The smallest absolute Gasteiger partial charge is 0.453 e. The molecule has 19 heteroatoms. The van der Waals surface area contributed by atoms with Gasteiger partial charge < -0.3 is 4.74 Å². The van der Waals surface area contributed by atoms with Crippen molar-refractivity contribution in [1.82, 2.24) is 0 Å². The van der Waals surface area contributed by atoms with E-state index >= 15 is 0 Å². The molecule has 30 heavy (non-hydrogen) atoms. The lowest BCUT2D eigenvalue weighted by Gasteiger charge is -2.36. The third-order valence-electron chi connectivity index (χ3n) is 2.54. The van der Waals surface area contributed by atoms with E-state index < -0.39 is 55.0 Å². The van der Waals surface area contributed by atoms with Gasteiger partial charge >= 0.3 is 48.4 Å². The molecule has 0 saturated heterocycles. The van der Waals surface area contributed by atoms with E-state index in [-0.39, 0.29) is 6.08 Å². The molecule has 0 aliphatic carbocycles. The van der Waals surface area contributed by atoms with Crippen LogP contribution in [0, 0.1) is 0 Å². The van der Waals surface area contributed by atoms with Gasteiger partial charge in [-0.3, -0.25) is 0 Å². The molecule has 0 aromatic rings. The first-order valence-electron chi connectivity index (χ1n) is 6.40. The molecule has 0 bridgehead atoms. The van der Waals surface area contributed by atoms with E-state index in [4.69, 9.17) is 0 Å². The number of esters is 1. The predicted molar refractivity (Wildman–Crippen MR) is 59.1 cm³/mol. The van der Waals surface area contributed by atoms with Crippen molar-refractivity contribution in [3.05, 3.63) is 12.7 Å². The van der Waals surface area contributed by atoms with Crippen LogP contribution >= 0.6 is 0 Å². The molecule has 0 aliphatic heterocycles. The van der Waals surface area contributed by atoms with Crippen LogP contribution in [0.4, 0.5) is 65.9 Å². The molecule has 0 aromatic carbocycles. The molecule has 0 atom stereocenters. The zero-order chi connectivity index (χ0) is 24.6. The van der Waals surface area contributed by atoms with Gasteiger partial charge in [-0.05, 0) is 0 Å². The molecule has 0 aliphatic rings. The van der Waals surface area contributed by atoms with Crippen LogP contribution in [0.15, 0.2) is 12.7 Å². The Bertz CT molecular complexity index is 639. The maximum absolute atomic E-state index is 13.0. The average Bonchev–Trinajstić information content (AvgIpc) is 2.48. The summed E-state index contributed by atoms with van der Waals surface area (Å²) in [5.74, 6) is -17.5. The Hall–Kier alpha value is -1.92. The summed E-state index contributed by atoms with van der Waals surface area (Å²) in [4.78, 5) is 10.5. The normalized spacial score (nSPS) is 15.2. The van der Waals surface area contributed by atoms with Crippen molar-refractivity contribution in [2.45, 2.75) is 42.5 Å². The molecule has 0 saturated carbocycles. The minimum absolute atomic E-state index is 0.148. The number of halogens is 15. The molecule has 178 valence electrons. The van der Waals surface area contributed by atoms with Crippen LogP contribution in [-0.4, -0.2) is 55.0 Å². The van der Waals surface area contributed by atoms with Crippen LogP contribution in [-0.2, 0) is 19.0 Å². The second-order valence-electron chi connectivity index (χ2n) is 4.85. The van der Waals surface area contributed by atoms with E-state index in [2.05, 4.69) is 16.1 Å². The molecule has 0 aromatic heterocycles. The maximum atomic E-state index is 13.0. The standard InChI is InChI=1S/C11H5F15O4/c1-2-4(27)28-3-5(12,13)29-10(23,24)11(25,26)30-9(21,22)7(16,17)6(14,15)8(18,19)20/h2H,1,3H2. The highest BCUT2D eigenvalue weighted by molar-refractivity contribution is 5.81. The molecule has 4 nitrogen and oxygen atoms in total. The van der Waals surface area contributed by atoms with Gasteiger partial charge in [0, 0.05) is 6.08 Å². The van der Waals surface area contributed by atoms with Crippen LogP contribution in [0.5, 0.6) is 0 Å². The largest absolute Gasteiger partial charge is 0.460 e. The van der Waals surface area contributed by atoms with Crippen molar-refractivity contribution >= 4 is 5.97 Å². The molecule has 0 N–H and O–H groups in total. The second kappa shape index (κ2) is 7.97. The Balaban J connectivity index is 5.75. The molecule has 0 radical (unpaired) electrons. The van der Waals surface area contributed by atoms with Gasteiger partial charge in [0.1, 0.15) is 0 Å². The van der Waals surface area contributed by atoms with Crippen LogP contribution in [0.1, 0.15) is 0 Å². The third kappa shape index (κ3) is 5.61. The van der Waals surface area contributed by atoms with Gasteiger partial charge in [-0.2, -0.15) is 65.9 Å². The number of ether oxygens (including phenoxy) is 3. The molecule has 0 spiro atoms. The number of carbonyl (C=O) groups excluding carboxylic acids is 1.